The molecule has 0 heterocycles. The molecule has 0 bridgehead atoms. The standard InChI is InChI=1S/C16H30N2O6/c19-7-11-23-9-5-17-15(21)13-1-2-14(4-3-13)16(22)18-6-10-24-12-8-20/h13-14,19-20H,1-12H2,(H,17,21)(H,18,22). The maximum atomic E-state index is 12.0. The smallest absolute Gasteiger partial charge is 0.223 e. The Morgan fingerprint density at radius 1 is 0.750 bits per heavy atom. The van der Waals surface area contributed by atoms with Gasteiger partial charge in [0.25, 0.3) is 0 Å². The number of carbonyl (C=O) groups is 2. The van der Waals surface area contributed by atoms with Gasteiger partial charge in [0.2, 0.25) is 11.8 Å². The first-order chi connectivity index (χ1) is 11.7. The lowest BCUT2D eigenvalue weighted by atomic mass is 9.81. The average molecular weight is 346 g/mol. The van der Waals surface area contributed by atoms with Crippen LogP contribution in [0.3, 0.4) is 0 Å². The van der Waals surface area contributed by atoms with Crippen LogP contribution in [0.25, 0.3) is 0 Å². The molecule has 8 nitrogen and oxygen atoms in total. The van der Waals surface area contributed by atoms with Crippen LogP contribution in [-0.4, -0.2) is 74.8 Å². The summed E-state index contributed by atoms with van der Waals surface area (Å²) >= 11 is 0. The van der Waals surface area contributed by atoms with E-state index >= 15 is 0 Å². The van der Waals surface area contributed by atoms with Gasteiger partial charge in [-0.05, 0) is 25.7 Å². The molecule has 0 atom stereocenters. The van der Waals surface area contributed by atoms with Gasteiger partial charge in [-0.3, -0.25) is 9.59 Å². The molecule has 1 rings (SSSR count). The van der Waals surface area contributed by atoms with E-state index in [4.69, 9.17) is 19.7 Å². The first-order valence-electron chi connectivity index (χ1n) is 8.61. The number of nitrogens with one attached hydrogen (secondary N) is 2. The van der Waals surface area contributed by atoms with Crippen molar-refractivity contribution in [3.8, 4) is 0 Å². The van der Waals surface area contributed by atoms with E-state index in [1.807, 2.05) is 0 Å². The first kappa shape index (κ1) is 20.8. The summed E-state index contributed by atoms with van der Waals surface area (Å²) in [7, 11) is 0. The molecule has 0 radical (unpaired) electrons. The Morgan fingerprint density at radius 2 is 1.12 bits per heavy atom. The molecule has 0 saturated heterocycles. The fourth-order valence-corrected chi connectivity index (χ4v) is 2.73. The molecule has 1 aliphatic carbocycles. The molecule has 0 aromatic rings. The van der Waals surface area contributed by atoms with Gasteiger partial charge < -0.3 is 30.3 Å². The number of carbonyl (C=O) groups excluding carboxylic acids is 2. The molecule has 24 heavy (non-hydrogen) atoms. The molecular formula is C16H30N2O6. The van der Waals surface area contributed by atoms with Crippen LogP contribution in [0, 0.1) is 11.8 Å². The molecule has 1 aliphatic rings. The van der Waals surface area contributed by atoms with Crippen LogP contribution >= 0.6 is 0 Å². The van der Waals surface area contributed by atoms with Crippen LogP contribution in [0.4, 0.5) is 0 Å². The number of aliphatic hydroxyl groups excluding tert-OH is 2. The Kier molecular flexibility index (Phi) is 11.4. The summed E-state index contributed by atoms with van der Waals surface area (Å²) < 4.78 is 10.2. The number of amides is 2. The predicted molar refractivity (Wildman–Crippen MR) is 87.3 cm³/mol. The van der Waals surface area contributed by atoms with Crippen molar-refractivity contribution in [3.63, 3.8) is 0 Å². The highest BCUT2D eigenvalue weighted by Gasteiger charge is 2.29. The number of hydrogen-bond donors (Lipinski definition) is 4. The molecule has 140 valence electrons. The van der Waals surface area contributed by atoms with Crippen molar-refractivity contribution in [2.24, 2.45) is 11.8 Å². The highest BCUT2D eigenvalue weighted by atomic mass is 16.5. The van der Waals surface area contributed by atoms with Crippen molar-refractivity contribution in [1.82, 2.24) is 10.6 Å². The van der Waals surface area contributed by atoms with Crippen molar-refractivity contribution >= 4 is 11.8 Å². The highest BCUT2D eigenvalue weighted by molar-refractivity contribution is 5.81. The van der Waals surface area contributed by atoms with Crippen molar-refractivity contribution in [2.45, 2.75) is 25.7 Å². The Hall–Kier alpha value is -1.22. The molecule has 0 spiro atoms. The largest absolute Gasteiger partial charge is 0.394 e. The van der Waals surface area contributed by atoms with E-state index in [9.17, 15) is 9.59 Å². The maximum Gasteiger partial charge on any atom is 0.223 e. The van der Waals surface area contributed by atoms with Gasteiger partial charge in [0, 0.05) is 24.9 Å². The molecule has 1 saturated carbocycles. The van der Waals surface area contributed by atoms with Gasteiger partial charge in [0.1, 0.15) is 0 Å². The number of ether oxygens (including phenoxy) is 2. The van der Waals surface area contributed by atoms with Crippen molar-refractivity contribution < 1.29 is 29.3 Å². The summed E-state index contributed by atoms with van der Waals surface area (Å²) in [4.78, 5) is 24.1. The van der Waals surface area contributed by atoms with Crippen molar-refractivity contribution in [1.29, 1.82) is 0 Å². The Balaban J connectivity index is 2.11. The van der Waals surface area contributed by atoms with E-state index in [0.29, 0.717) is 52.0 Å². The Bertz CT molecular complexity index is 324. The van der Waals surface area contributed by atoms with Gasteiger partial charge in [-0.25, -0.2) is 0 Å². The quantitative estimate of drug-likeness (QED) is 0.338. The van der Waals surface area contributed by atoms with Crippen LogP contribution in [0.5, 0.6) is 0 Å². The fourth-order valence-electron chi connectivity index (χ4n) is 2.73. The van der Waals surface area contributed by atoms with E-state index in [-0.39, 0.29) is 50.1 Å². The molecule has 0 aromatic carbocycles. The molecule has 8 heteroatoms. The van der Waals surface area contributed by atoms with Gasteiger partial charge in [-0.2, -0.15) is 0 Å². The second kappa shape index (κ2) is 13.1. The normalized spacial score (nSPS) is 20.6. The molecule has 1 fully saturated rings. The van der Waals surface area contributed by atoms with Gasteiger partial charge in [0.05, 0.1) is 39.6 Å². The van der Waals surface area contributed by atoms with Crippen LogP contribution in [0.1, 0.15) is 25.7 Å². The summed E-state index contributed by atoms with van der Waals surface area (Å²) in [6.45, 7) is 2.18. The van der Waals surface area contributed by atoms with Gasteiger partial charge in [0.15, 0.2) is 0 Å². The predicted octanol–water partition coefficient (Wildman–Crippen LogP) is -0.957. The molecule has 0 aromatic heterocycles. The lowest BCUT2D eigenvalue weighted by Gasteiger charge is -2.27. The third kappa shape index (κ3) is 8.58. The number of rotatable bonds is 12. The minimum Gasteiger partial charge on any atom is -0.394 e. The zero-order chi connectivity index (χ0) is 17.6. The van der Waals surface area contributed by atoms with Crippen molar-refractivity contribution in [2.75, 3.05) is 52.7 Å². The topological polar surface area (TPSA) is 117 Å². The zero-order valence-electron chi connectivity index (χ0n) is 14.2. The fraction of sp³-hybridized carbons (Fsp3) is 0.875. The molecule has 0 unspecified atom stereocenters. The first-order valence-corrected chi connectivity index (χ1v) is 8.61. The summed E-state index contributed by atoms with van der Waals surface area (Å²) in [5, 5.41) is 22.8. The van der Waals surface area contributed by atoms with Gasteiger partial charge in [-0.1, -0.05) is 0 Å². The molecule has 2 amide bonds. The van der Waals surface area contributed by atoms with Crippen LogP contribution < -0.4 is 10.6 Å². The lowest BCUT2D eigenvalue weighted by molar-refractivity contribution is -0.130. The Labute approximate surface area is 142 Å². The van der Waals surface area contributed by atoms with Crippen LogP contribution in [0.2, 0.25) is 0 Å². The van der Waals surface area contributed by atoms with Crippen molar-refractivity contribution in [3.05, 3.63) is 0 Å². The average Bonchev–Trinajstić information content (AvgIpc) is 2.61. The minimum atomic E-state index is -0.0419. The molecule has 4 N–H and O–H groups in total. The summed E-state index contributed by atoms with van der Waals surface area (Å²) in [6.07, 6.45) is 2.84. The number of hydrogen-bond acceptors (Lipinski definition) is 6. The number of aliphatic hydroxyl groups is 2. The monoisotopic (exact) mass is 346 g/mol. The second-order valence-electron chi connectivity index (χ2n) is 5.80. The third-order valence-electron chi connectivity index (χ3n) is 4.03. The molecular weight excluding hydrogens is 316 g/mol. The van der Waals surface area contributed by atoms with E-state index in [1.54, 1.807) is 0 Å². The highest BCUT2D eigenvalue weighted by Crippen LogP contribution is 2.28. The summed E-state index contributed by atoms with van der Waals surface area (Å²) in [6, 6.07) is 0. The van der Waals surface area contributed by atoms with E-state index < -0.39 is 0 Å². The SMILES string of the molecule is O=C(NCCOCCO)C1CCC(C(=O)NCCOCCO)CC1. The van der Waals surface area contributed by atoms with Crippen LogP contribution in [-0.2, 0) is 19.1 Å². The summed E-state index contributed by atoms with van der Waals surface area (Å²) in [5.41, 5.74) is 0. The third-order valence-corrected chi connectivity index (χ3v) is 4.03. The van der Waals surface area contributed by atoms with Gasteiger partial charge >= 0.3 is 0 Å². The van der Waals surface area contributed by atoms with E-state index in [2.05, 4.69) is 10.6 Å². The second-order valence-corrected chi connectivity index (χ2v) is 5.80. The van der Waals surface area contributed by atoms with E-state index in [0.717, 1.165) is 0 Å². The molecule has 0 aliphatic heterocycles. The summed E-state index contributed by atoms with van der Waals surface area (Å²) in [5.74, 6) is -0.0581. The lowest BCUT2D eigenvalue weighted by Crippen LogP contribution is -2.39. The van der Waals surface area contributed by atoms with Crippen LogP contribution in [0.15, 0.2) is 0 Å². The zero-order valence-corrected chi connectivity index (χ0v) is 14.2. The van der Waals surface area contributed by atoms with Gasteiger partial charge in [-0.15, -0.1) is 0 Å². The minimum absolute atomic E-state index is 0.0128. The van der Waals surface area contributed by atoms with E-state index in [1.165, 1.54) is 0 Å². The maximum absolute atomic E-state index is 12.0. The Morgan fingerprint density at radius 3 is 1.46 bits per heavy atom.